The van der Waals surface area contributed by atoms with E-state index in [9.17, 15) is 4.79 Å². The first-order chi connectivity index (χ1) is 15.5. The third-order valence-electron chi connectivity index (χ3n) is 5.36. The second kappa shape index (κ2) is 7.57. The number of carbonyl (C=O) groups excluding carboxylic acids is 1. The number of aromatic nitrogens is 3. The molecule has 0 unspecified atom stereocenters. The number of amides is 1. The number of hydrogen-bond donors (Lipinski definition) is 1. The van der Waals surface area contributed by atoms with Crippen molar-refractivity contribution in [2.75, 3.05) is 32.8 Å². The molecule has 5 rings (SSSR count). The van der Waals surface area contributed by atoms with E-state index in [0.29, 0.717) is 18.3 Å². The van der Waals surface area contributed by atoms with Crippen LogP contribution in [-0.2, 0) is 10.3 Å². The predicted octanol–water partition coefficient (Wildman–Crippen LogP) is 3.52. The lowest BCUT2D eigenvalue weighted by molar-refractivity contribution is -0.167. The number of anilines is 1. The van der Waals surface area contributed by atoms with E-state index < -0.39 is 11.5 Å². The Morgan fingerprint density at radius 2 is 1.94 bits per heavy atom. The fourth-order valence-corrected chi connectivity index (χ4v) is 4.76. The average molecular weight is 452 g/mol. The molecule has 3 aromatic rings. The normalized spacial score (nSPS) is 15.1. The number of rotatable bonds is 5. The molecular weight excluding hydrogens is 432 g/mol. The SMILES string of the molecule is C=C(C)c1ccc2c(c1)OC1(COC1)c1sc(NC(=O)c3c(OC)ncnc3OC)nc1-2. The molecule has 0 saturated carbocycles. The van der Waals surface area contributed by atoms with Gasteiger partial charge in [-0.25, -0.2) is 15.0 Å². The minimum atomic E-state index is -0.609. The van der Waals surface area contributed by atoms with Gasteiger partial charge < -0.3 is 18.9 Å². The van der Waals surface area contributed by atoms with E-state index in [0.717, 1.165) is 33.0 Å². The van der Waals surface area contributed by atoms with Crippen LogP contribution in [0.3, 0.4) is 0 Å². The van der Waals surface area contributed by atoms with E-state index in [1.54, 1.807) is 0 Å². The highest BCUT2D eigenvalue weighted by molar-refractivity contribution is 7.16. The number of ether oxygens (including phenoxy) is 4. The zero-order valence-corrected chi connectivity index (χ0v) is 18.5. The minimum Gasteiger partial charge on any atom is -0.480 e. The van der Waals surface area contributed by atoms with Gasteiger partial charge in [-0.1, -0.05) is 29.6 Å². The van der Waals surface area contributed by atoms with Gasteiger partial charge >= 0.3 is 0 Å². The lowest BCUT2D eigenvalue weighted by Crippen LogP contribution is -2.52. The van der Waals surface area contributed by atoms with E-state index in [4.69, 9.17) is 23.9 Å². The van der Waals surface area contributed by atoms with Gasteiger partial charge in [-0.05, 0) is 24.6 Å². The number of nitrogens with zero attached hydrogens (tertiary/aromatic N) is 3. The predicted molar refractivity (Wildman–Crippen MR) is 118 cm³/mol. The van der Waals surface area contributed by atoms with E-state index in [2.05, 4.69) is 21.9 Å². The van der Waals surface area contributed by atoms with Gasteiger partial charge in [0, 0.05) is 5.56 Å². The van der Waals surface area contributed by atoms with Crippen LogP contribution < -0.4 is 19.5 Å². The largest absolute Gasteiger partial charge is 0.480 e. The number of carbonyl (C=O) groups is 1. The molecule has 2 aromatic heterocycles. The summed E-state index contributed by atoms with van der Waals surface area (Å²) < 4.78 is 22.3. The smallest absolute Gasteiger partial charge is 0.268 e. The van der Waals surface area contributed by atoms with Crippen LogP contribution in [0.15, 0.2) is 31.1 Å². The van der Waals surface area contributed by atoms with E-state index in [1.807, 2.05) is 25.1 Å². The molecule has 2 aliphatic heterocycles. The number of methoxy groups -OCH3 is 2. The highest BCUT2D eigenvalue weighted by Crippen LogP contribution is 2.51. The number of benzene rings is 1. The Kier molecular flexibility index (Phi) is 4.83. The van der Waals surface area contributed by atoms with Gasteiger partial charge in [0.25, 0.3) is 5.91 Å². The standard InChI is InChI=1S/C22H20N4O5S/c1-11(2)12-5-6-13-14(7-12)31-22(8-30-9-22)17-16(13)25-21(32-17)26-18(27)15-19(28-3)23-10-24-20(15)29-4/h5-7,10H,1,8-9H2,2-4H3,(H,25,26,27). The number of hydrogen-bond acceptors (Lipinski definition) is 9. The average Bonchev–Trinajstić information content (AvgIpc) is 3.20. The van der Waals surface area contributed by atoms with Gasteiger partial charge in [0.2, 0.25) is 11.8 Å². The van der Waals surface area contributed by atoms with Crippen LogP contribution in [0.2, 0.25) is 0 Å². The monoisotopic (exact) mass is 452 g/mol. The topological polar surface area (TPSA) is 105 Å². The molecule has 1 saturated heterocycles. The van der Waals surface area contributed by atoms with Gasteiger partial charge in [-0.2, -0.15) is 0 Å². The second-order valence-electron chi connectivity index (χ2n) is 7.50. The van der Waals surface area contributed by atoms with Gasteiger partial charge in [-0.15, -0.1) is 0 Å². The summed E-state index contributed by atoms with van der Waals surface area (Å²) in [6.45, 7) is 6.79. The number of allylic oxidation sites excluding steroid dienone is 1. The molecule has 32 heavy (non-hydrogen) atoms. The fraction of sp³-hybridized carbons (Fsp3) is 0.273. The van der Waals surface area contributed by atoms with E-state index in [-0.39, 0.29) is 17.3 Å². The van der Waals surface area contributed by atoms with Crippen molar-refractivity contribution in [2.45, 2.75) is 12.5 Å². The molecule has 1 amide bonds. The Labute approximate surface area is 188 Å². The van der Waals surface area contributed by atoms with Gasteiger partial charge in [0.15, 0.2) is 16.3 Å². The maximum Gasteiger partial charge on any atom is 0.268 e. The molecule has 1 spiro atoms. The van der Waals surface area contributed by atoms with Crippen molar-refractivity contribution in [3.63, 3.8) is 0 Å². The quantitative estimate of drug-likeness (QED) is 0.627. The van der Waals surface area contributed by atoms with Crippen LogP contribution in [0, 0.1) is 0 Å². The minimum absolute atomic E-state index is 0.0927. The highest BCUT2D eigenvalue weighted by Gasteiger charge is 2.50. The summed E-state index contributed by atoms with van der Waals surface area (Å²) in [5.74, 6) is 0.466. The highest BCUT2D eigenvalue weighted by atomic mass is 32.1. The van der Waals surface area contributed by atoms with Crippen molar-refractivity contribution >= 4 is 27.9 Å². The molecule has 2 aliphatic rings. The number of nitrogens with one attached hydrogen (secondary N) is 1. The fourth-order valence-electron chi connectivity index (χ4n) is 3.68. The van der Waals surface area contributed by atoms with E-state index >= 15 is 0 Å². The molecule has 0 bridgehead atoms. The van der Waals surface area contributed by atoms with Crippen LogP contribution in [0.25, 0.3) is 16.8 Å². The molecule has 9 nitrogen and oxygen atoms in total. The Morgan fingerprint density at radius 1 is 1.22 bits per heavy atom. The van der Waals surface area contributed by atoms with Gasteiger partial charge in [0.1, 0.15) is 12.1 Å². The third kappa shape index (κ3) is 3.10. The van der Waals surface area contributed by atoms with Crippen molar-refractivity contribution < 1.29 is 23.7 Å². The number of fused-ring (bicyclic) bond motifs is 4. The Bertz CT molecular complexity index is 1230. The Balaban J connectivity index is 1.54. The summed E-state index contributed by atoms with van der Waals surface area (Å²) in [6.07, 6.45) is 1.27. The molecule has 1 fully saturated rings. The lowest BCUT2D eigenvalue weighted by atomic mass is 9.91. The summed E-state index contributed by atoms with van der Waals surface area (Å²) in [4.78, 5) is 26.7. The lowest BCUT2D eigenvalue weighted by Gasteiger charge is -2.43. The second-order valence-corrected chi connectivity index (χ2v) is 8.50. The van der Waals surface area contributed by atoms with Crippen LogP contribution >= 0.6 is 11.3 Å². The molecule has 0 aliphatic carbocycles. The first-order valence-electron chi connectivity index (χ1n) is 9.78. The maximum atomic E-state index is 13.0. The van der Waals surface area contributed by atoms with Crippen molar-refractivity contribution in [2.24, 2.45) is 0 Å². The van der Waals surface area contributed by atoms with Gasteiger partial charge in [0.05, 0.1) is 38.0 Å². The van der Waals surface area contributed by atoms with Crippen LogP contribution in [0.5, 0.6) is 17.5 Å². The molecule has 0 atom stereocenters. The van der Waals surface area contributed by atoms with Crippen LogP contribution in [-0.4, -0.2) is 48.3 Å². The molecule has 1 aromatic carbocycles. The Hall–Kier alpha value is -3.50. The summed E-state index contributed by atoms with van der Waals surface area (Å²) in [5, 5.41) is 3.25. The number of thiazole rings is 1. The van der Waals surface area contributed by atoms with Crippen LogP contribution in [0.1, 0.15) is 27.7 Å². The molecule has 1 N–H and O–H groups in total. The maximum absolute atomic E-state index is 13.0. The molecule has 10 heteroatoms. The first kappa shape index (κ1) is 20.4. The van der Waals surface area contributed by atoms with Gasteiger partial charge in [-0.3, -0.25) is 10.1 Å². The first-order valence-corrected chi connectivity index (χ1v) is 10.6. The van der Waals surface area contributed by atoms with Crippen LogP contribution in [0.4, 0.5) is 5.13 Å². The zero-order chi connectivity index (χ0) is 22.5. The molecule has 4 heterocycles. The molecule has 164 valence electrons. The zero-order valence-electron chi connectivity index (χ0n) is 17.7. The van der Waals surface area contributed by atoms with E-state index in [1.165, 1.54) is 31.9 Å². The summed E-state index contributed by atoms with van der Waals surface area (Å²) >= 11 is 1.35. The van der Waals surface area contributed by atoms with Crippen molar-refractivity contribution in [3.05, 3.63) is 47.1 Å². The molecular formula is C22H20N4O5S. The van der Waals surface area contributed by atoms with Crippen molar-refractivity contribution in [1.29, 1.82) is 0 Å². The summed E-state index contributed by atoms with van der Waals surface area (Å²) in [6, 6.07) is 5.92. The van der Waals surface area contributed by atoms with Crippen molar-refractivity contribution in [1.82, 2.24) is 15.0 Å². The summed E-state index contributed by atoms with van der Waals surface area (Å²) in [7, 11) is 2.85. The molecule has 0 radical (unpaired) electrons. The van der Waals surface area contributed by atoms with Crippen molar-refractivity contribution in [3.8, 4) is 28.8 Å². The Morgan fingerprint density at radius 3 is 2.53 bits per heavy atom. The third-order valence-corrected chi connectivity index (χ3v) is 6.51. The summed E-state index contributed by atoms with van der Waals surface area (Å²) in [5.41, 5.74) is 3.05.